The molecule has 0 aliphatic heterocycles. The van der Waals surface area contributed by atoms with Crippen LogP contribution in [0.5, 0.6) is 5.75 Å². The zero-order valence-electron chi connectivity index (χ0n) is 10.6. The Morgan fingerprint density at radius 1 is 1.16 bits per heavy atom. The normalized spacial score (nSPS) is 10.3. The fourth-order valence-corrected chi connectivity index (χ4v) is 2.51. The first kappa shape index (κ1) is 14.2. The number of anilines is 1. The highest BCUT2D eigenvalue weighted by molar-refractivity contribution is 9.10. The summed E-state index contributed by atoms with van der Waals surface area (Å²) < 4.78 is 6.12. The van der Waals surface area contributed by atoms with Gasteiger partial charge in [-0.3, -0.25) is 0 Å². The van der Waals surface area contributed by atoms with Crippen LogP contribution in [0.2, 0.25) is 5.02 Å². The third kappa shape index (κ3) is 4.15. The molecule has 0 heterocycles. The van der Waals surface area contributed by atoms with E-state index in [-0.39, 0.29) is 0 Å². The SMILES string of the molecule is COc1ccc(CCNc2ccc(Br)cc2Cl)cc1. The molecule has 0 atom stereocenters. The summed E-state index contributed by atoms with van der Waals surface area (Å²) in [6.45, 7) is 0.841. The molecule has 0 aromatic heterocycles. The zero-order valence-corrected chi connectivity index (χ0v) is 13.0. The topological polar surface area (TPSA) is 21.3 Å². The third-order valence-electron chi connectivity index (χ3n) is 2.82. The summed E-state index contributed by atoms with van der Waals surface area (Å²) in [5.41, 5.74) is 2.22. The van der Waals surface area contributed by atoms with Crippen molar-refractivity contribution in [1.29, 1.82) is 0 Å². The van der Waals surface area contributed by atoms with Crippen LogP contribution in [0, 0.1) is 0 Å². The van der Waals surface area contributed by atoms with Crippen molar-refractivity contribution in [2.75, 3.05) is 19.0 Å². The molecule has 2 aromatic rings. The average molecular weight is 341 g/mol. The molecule has 100 valence electrons. The molecule has 2 aromatic carbocycles. The minimum atomic E-state index is 0.726. The van der Waals surface area contributed by atoms with Gasteiger partial charge in [0.2, 0.25) is 0 Å². The van der Waals surface area contributed by atoms with E-state index in [1.54, 1.807) is 7.11 Å². The van der Waals surface area contributed by atoms with Gasteiger partial charge in [0, 0.05) is 11.0 Å². The van der Waals surface area contributed by atoms with Gasteiger partial charge in [0.15, 0.2) is 0 Å². The summed E-state index contributed by atoms with van der Waals surface area (Å²) in [5, 5.41) is 4.06. The van der Waals surface area contributed by atoms with Crippen molar-refractivity contribution in [3.05, 3.63) is 57.5 Å². The zero-order chi connectivity index (χ0) is 13.7. The number of hydrogen-bond donors (Lipinski definition) is 1. The molecular weight excluding hydrogens is 326 g/mol. The van der Waals surface area contributed by atoms with Gasteiger partial charge >= 0.3 is 0 Å². The Hall–Kier alpha value is -1.19. The molecular formula is C15H15BrClNO. The van der Waals surface area contributed by atoms with Gasteiger partial charge in [0.25, 0.3) is 0 Å². The lowest BCUT2D eigenvalue weighted by atomic mass is 10.1. The van der Waals surface area contributed by atoms with Crippen LogP contribution in [0.3, 0.4) is 0 Å². The molecule has 0 amide bonds. The Morgan fingerprint density at radius 3 is 2.53 bits per heavy atom. The van der Waals surface area contributed by atoms with E-state index in [9.17, 15) is 0 Å². The van der Waals surface area contributed by atoms with E-state index in [2.05, 4.69) is 33.4 Å². The first-order valence-electron chi connectivity index (χ1n) is 6.01. The van der Waals surface area contributed by atoms with E-state index < -0.39 is 0 Å². The van der Waals surface area contributed by atoms with E-state index in [0.29, 0.717) is 0 Å². The number of rotatable bonds is 5. The molecule has 0 spiro atoms. The van der Waals surface area contributed by atoms with Crippen LogP contribution < -0.4 is 10.1 Å². The van der Waals surface area contributed by atoms with Crippen molar-refractivity contribution in [1.82, 2.24) is 0 Å². The predicted molar refractivity (Wildman–Crippen MR) is 84.3 cm³/mol. The fraction of sp³-hybridized carbons (Fsp3) is 0.200. The number of benzene rings is 2. The largest absolute Gasteiger partial charge is 0.497 e. The molecule has 2 rings (SSSR count). The molecule has 0 radical (unpaired) electrons. The highest BCUT2D eigenvalue weighted by Gasteiger charge is 2.00. The second-order valence-corrected chi connectivity index (χ2v) is 5.47. The molecule has 1 N–H and O–H groups in total. The van der Waals surface area contributed by atoms with E-state index in [0.717, 1.165) is 33.9 Å². The summed E-state index contributed by atoms with van der Waals surface area (Å²) in [7, 11) is 1.67. The smallest absolute Gasteiger partial charge is 0.118 e. The molecule has 0 saturated carbocycles. The monoisotopic (exact) mass is 339 g/mol. The van der Waals surface area contributed by atoms with Gasteiger partial charge in [0.1, 0.15) is 5.75 Å². The third-order valence-corrected chi connectivity index (χ3v) is 3.63. The van der Waals surface area contributed by atoms with Crippen LogP contribution in [0.25, 0.3) is 0 Å². The molecule has 2 nitrogen and oxygen atoms in total. The minimum absolute atomic E-state index is 0.726. The van der Waals surface area contributed by atoms with Crippen LogP contribution in [0.1, 0.15) is 5.56 Å². The Labute approximate surface area is 126 Å². The van der Waals surface area contributed by atoms with Crippen LogP contribution in [0.15, 0.2) is 46.9 Å². The van der Waals surface area contributed by atoms with Crippen LogP contribution >= 0.6 is 27.5 Å². The molecule has 0 fully saturated rings. The van der Waals surface area contributed by atoms with E-state index in [1.165, 1.54) is 5.56 Å². The number of hydrogen-bond acceptors (Lipinski definition) is 2. The van der Waals surface area contributed by atoms with Gasteiger partial charge in [-0.25, -0.2) is 0 Å². The van der Waals surface area contributed by atoms with Gasteiger partial charge in [-0.2, -0.15) is 0 Å². The van der Waals surface area contributed by atoms with Crippen molar-refractivity contribution < 1.29 is 4.74 Å². The summed E-state index contributed by atoms with van der Waals surface area (Å²) in [5.74, 6) is 0.882. The van der Waals surface area contributed by atoms with Gasteiger partial charge in [-0.1, -0.05) is 39.7 Å². The second kappa shape index (κ2) is 6.83. The van der Waals surface area contributed by atoms with Crippen LogP contribution in [-0.4, -0.2) is 13.7 Å². The van der Waals surface area contributed by atoms with Gasteiger partial charge in [0.05, 0.1) is 17.8 Å². The molecule has 0 unspecified atom stereocenters. The lowest BCUT2D eigenvalue weighted by Gasteiger charge is -2.09. The first-order chi connectivity index (χ1) is 9.19. The summed E-state index contributed by atoms with van der Waals surface area (Å²) in [6.07, 6.45) is 0.941. The highest BCUT2D eigenvalue weighted by Crippen LogP contribution is 2.25. The van der Waals surface area contributed by atoms with Gasteiger partial charge < -0.3 is 10.1 Å². The summed E-state index contributed by atoms with van der Waals surface area (Å²) >= 11 is 9.53. The number of halogens is 2. The molecule has 0 aliphatic rings. The van der Waals surface area contributed by atoms with E-state index in [1.807, 2.05) is 30.3 Å². The van der Waals surface area contributed by atoms with E-state index in [4.69, 9.17) is 16.3 Å². The Balaban J connectivity index is 1.88. The maximum Gasteiger partial charge on any atom is 0.118 e. The maximum absolute atomic E-state index is 6.14. The fourth-order valence-electron chi connectivity index (χ4n) is 1.77. The number of methoxy groups -OCH3 is 1. The summed E-state index contributed by atoms with van der Waals surface area (Å²) in [4.78, 5) is 0. The minimum Gasteiger partial charge on any atom is -0.497 e. The Morgan fingerprint density at radius 2 is 1.89 bits per heavy atom. The standard InChI is InChI=1S/C15H15BrClNO/c1-19-13-5-2-11(3-6-13)8-9-18-15-7-4-12(16)10-14(15)17/h2-7,10,18H,8-9H2,1H3. The molecule has 0 saturated heterocycles. The summed E-state index contributed by atoms with van der Waals surface area (Å²) in [6, 6.07) is 13.9. The highest BCUT2D eigenvalue weighted by atomic mass is 79.9. The van der Waals surface area contributed by atoms with Crippen LogP contribution in [-0.2, 0) is 6.42 Å². The van der Waals surface area contributed by atoms with E-state index >= 15 is 0 Å². The number of ether oxygens (including phenoxy) is 1. The quantitative estimate of drug-likeness (QED) is 0.847. The van der Waals surface area contributed by atoms with Crippen molar-refractivity contribution in [3.63, 3.8) is 0 Å². The van der Waals surface area contributed by atoms with Gasteiger partial charge in [-0.15, -0.1) is 0 Å². The van der Waals surface area contributed by atoms with Crippen molar-refractivity contribution in [3.8, 4) is 5.75 Å². The van der Waals surface area contributed by atoms with Crippen molar-refractivity contribution >= 4 is 33.2 Å². The van der Waals surface area contributed by atoms with Crippen molar-refractivity contribution in [2.24, 2.45) is 0 Å². The Bertz CT molecular complexity index is 542. The predicted octanol–water partition coefficient (Wildman–Crippen LogP) is 4.77. The molecule has 0 bridgehead atoms. The molecule has 19 heavy (non-hydrogen) atoms. The molecule has 0 aliphatic carbocycles. The second-order valence-electron chi connectivity index (χ2n) is 4.15. The molecule has 4 heteroatoms. The van der Waals surface area contributed by atoms with Gasteiger partial charge in [-0.05, 0) is 42.3 Å². The maximum atomic E-state index is 6.14. The lowest BCUT2D eigenvalue weighted by Crippen LogP contribution is -2.05. The average Bonchev–Trinajstić information content (AvgIpc) is 2.42. The first-order valence-corrected chi connectivity index (χ1v) is 7.18. The van der Waals surface area contributed by atoms with Crippen LogP contribution in [0.4, 0.5) is 5.69 Å². The number of nitrogens with one attached hydrogen (secondary N) is 1. The van der Waals surface area contributed by atoms with Crippen molar-refractivity contribution in [2.45, 2.75) is 6.42 Å². The Kier molecular flexibility index (Phi) is 5.11. The lowest BCUT2D eigenvalue weighted by molar-refractivity contribution is 0.414.